The van der Waals surface area contributed by atoms with Crippen molar-refractivity contribution in [2.75, 3.05) is 43.1 Å². The van der Waals surface area contributed by atoms with Crippen LogP contribution in [0.3, 0.4) is 0 Å². The second kappa shape index (κ2) is 8.43. The lowest BCUT2D eigenvalue weighted by Gasteiger charge is -2.29. The van der Waals surface area contributed by atoms with Gasteiger partial charge in [0.1, 0.15) is 5.75 Å². The number of ether oxygens (including phenoxy) is 2. The molecule has 2 aromatic carbocycles. The summed E-state index contributed by atoms with van der Waals surface area (Å²) in [4.78, 5) is 14.3. The van der Waals surface area contributed by atoms with Gasteiger partial charge in [0.2, 0.25) is 0 Å². The molecule has 0 atom stereocenters. The van der Waals surface area contributed by atoms with Crippen molar-refractivity contribution in [1.82, 2.24) is 0 Å². The topological polar surface area (TPSA) is 50.8 Å². The van der Waals surface area contributed by atoms with Gasteiger partial charge in [0.15, 0.2) is 6.61 Å². The average Bonchev–Trinajstić information content (AvgIpc) is 2.62. The molecule has 0 aromatic heterocycles. The fourth-order valence-electron chi connectivity index (χ4n) is 2.95. The van der Waals surface area contributed by atoms with E-state index in [-0.39, 0.29) is 12.5 Å². The Morgan fingerprint density at radius 2 is 1.96 bits per heavy atom. The number of carbonyl (C=O) groups excluding carboxylic acids is 1. The lowest BCUT2D eigenvalue weighted by atomic mass is 10.1. The lowest BCUT2D eigenvalue weighted by Crippen LogP contribution is -2.36. The van der Waals surface area contributed by atoms with Gasteiger partial charge in [-0.25, -0.2) is 0 Å². The minimum absolute atomic E-state index is 0.0489. The molecular weight excluding hydrogens is 352 g/mol. The monoisotopic (exact) mass is 374 g/mol. The zero-order valence-electron chi connectivity index (χ0n) is 15.0. The Bertz CT molecular complexity index is 789. The van der Waals surface area contributed by atoms with E-state index in [1.165, 1.54) is 0 Å². The van der Waals surface area contributed by atoms with E-state index in [2.05, 4.69) is 10.2 Å². The van der Waals surface area contributed by atoms with Gasteiger partial charge in [-0.15, -0.1) is 0 Å². The van der Waals surface area contributed by atoms with Crippen LogP contribution in [0.2, 0.25) is 5.02 Å². The molecule has 138 valence electrons. The van der Waals surface area contributed by atoms with E-state index in [9.17, 15) is 4.79 Å². The number of nitrogens with one attached hydrogen (secondary N) is 1. The number of hydrogen-bond donors (Lipinski definition) is 1. The van der Waals surface area contributed by atoms with Gasteiger partial charge >= 0.3 is 0 Å². The van der Waals surface area contributed by atoms with Crippen LogP contribution in [-0.2, 0) is 9.53 Å². The van der Waals surface area contributed by atoms with Crippen molar-refractivity contribution in [3.8, 4) is 5.75 Å². The minimum Gasteiger partial charge on any atom is -0.483 e. The molecule has 1 N–H and O–H groups in total. The van der Waals surface area contributed by atoms with Crippen molar-refractivity contribution in [2.24, 2.45) is 0 Å². The maximum Gasteiger partial charge on any atom is 0.262 e. The highest BCUT2D eigenvalue weighted by Crippen LogP contribution is 2.29. The molecule has 1 fully saturated rings. The molecule has 1 aliphatic heterocycles. The molecule has 1 heterocycles. The molecule has 26 heavy (non-hydrogen) atoms. The van der Waals surface area contributed by atoms with Crippen LogP contribution in [0.15, 0.2) is 36.4 Å². The van der Waals surface area contributed by atoms with Crippen LogP contribution in [0.25, 0.3) is 0 Å². The van der Waals surface area contributed by atoms with Crippen molar-refractivity contribution >= 4 is 28.9 Å². The fourth-order valence-corrected chi connectivity index (χ4v) is 3.25. The third kappa shape index (κ3) is 4.68. The number of morpholine rings is 1. The molecule has 1 amide bonds. The molecule has 3 rings (SSSR count). The Hall–Kier alpha value is -2.24. The first-order valence-corrected chi connectivity index (χ1v) is 9.03. The van der Waals surface area contributed by atoms with E-state index in [1.807, 2.05) is 44.2 Å². The first-order valence-electron chi connectivity index (χ1n) is 8.65. The van der Waals surface area contributed by atoms with Crippen LogP contribution in [0.4, 0.5) is 11.4 Å². The average molecular weight is 375 g/mol. The number of halogens is 1. The van der Waals surface area contributed by atoms with Crippen LogP contribution in [0.1, 0.15) is 11.1 Å². The largest absolute Gasteiger partial charge is 0.483 e. The van der Waals surface area contributed by atoms with Crippen LogP contribution in [-0.4, -0.2) is 38.8 Å². The number of carbonyl (C=O) groups is 1. The Morgan fingerprint density at radius 1 is 1.19 bits per heavy atom. The highest BCUT2D eigenvalue weighted by atomic mass is 35.5. The summed E-state index contributed by atoms with van der Waals surface area (Å²) in [5.41, 5.74) is 3.78. The smallest absolute Gasteiger partial charge is 0.262 e. The van der Waals surface area contributed by atoms with Gasteiger partial charge in [0.05, 0.1) is 23.9 Å². The van der Waals surface area contributed by atoms with E-state index in [4.69, 9.17) is 21.1 Å². The summed E-state index contributed by atoms with van der Waals surface area (Å²) >= 11 is 6.39. The number of anilines is 2. The predicted octanol–water partition coefficient (Wildman–Crippen LogP) is 3.81. The highest BCUT2D eigenvalue weighted by Gasteiger charge is 2.15. The van der Waals surface area contributed by atoms with E-state index in [0.29, 0.717) is 29.7 Å². The minimum atomic E-state index is -0.222. The Labute approximate surface area is 158 Å². The van der Waals surface area contributed by atoms with Crippen molar-refractivity contribution in [3.05, 3.63) is 52.5 Å². The Kier molecular flexibility index (Phi) is 6.01. The molecule has 1 aliphatic rings. The number of rotatable bonds is 5. The highest BCUT2D eigenvalue weighted by molar-refractivity contribution is 6.33. The molecule has 0 saturated carbocycles. The van der Waals surface area contributed by atoms with Gasteiger partial charge in [0.25, 0.3) is 5.91 Å². The lowest BCUT2D eigenvalue weighted by molar-refractivity contribution is -0.118. The molecule has 0 bridgehead atoms. The van der Waals surface area contributed by atoms with Crippen LogP contribution in [0, 0.1) is 13.8 Å². The van der Waals surface area contributed by atoms with Gasteiger partial charge in [-0.05, 0) is 43.7 Å². The number of hydrogen-bond acceptors (Lipinski definition) is 4. The molecule has 0 spiro atoms. The molecule has 5 nitrogen and oxygen atoms in total. The van der Waals surface area contributed by atoms with E-state index in [1.54, 1.807) is 6.07 Å². The number of benzene rings is 2. The van der Waals surface area contributed by atoms with Gasteiger partial charge < -0.3 is 19.7 Å². The van der Waals surface area contributed by atoms with Crippen LogP contribution >= 0.6 is 11.6 Å². The van der Waals surface area contributed by atoms with Crippen LogP contribution in [0.5, 0.6) is 5.75 Å². The summed E-state index contributed by atoms with van der Waals surface area (Å²) in [7, 11) is 0. The first-order chi connectivity index (χ1) is 12.5. The molecule has 2 aromatic rings. The summed E-state index contributed by atoms with van der Waals surface area (Å²) in [6, 6.07) is 11.4. The molecule has 1 saturated heterocycles. The summed E-state index contributed by atoms with van der Waals surface area (Å²) in [6.45, 7) is 6.96. The van der Waals surface area contributed by atoms with E-state index < -0.39 is 0 Å². The Balaban J connectivity index is 1.57. The normalized spacial score (nSPS) is 14.2. The maximum absolute atomic E-state index is 12.2. The third-order valence-corrected chi connectivity index (χ3v) is 4.58. The molecule has 0 unspecified atom stereocenters. The predicted molar refractivity (Wildman–Crippen MR) is 105 cm³/mol. The second-order valence-electron chi connectivity index (χ2n) is 6.37. The van der Waals surface area contributed by atoms with Crippen molar-refractivity contribution in [3.63, 3.8) is 0 Å². The number of nitrogens with zero attached hydrogens (tertiary/aromatic N) is 1. The fraction of sp³-hybridized carbons (Fsp3) is 0.350. The zero-order chi connectivity index (χ0) is 18.5. The molecule has 6 heteroatoms. The van der Waals surface area contributed by atoms with Crippen LogP contribution < -0.4 is 15.0 Å². The van der Waals surface area contributed by atoms with Gasteiger partial charge in [-0.1, -0.05) is 29.3 Å². The summed E-state index contributed by atoms with van der Waals surface area (Å²) in [5.74, 6) is 0.492. The van der Waals surface area contributed by atoms with Crippen molar-refractivity contribution in [2.45, 2.75) is 13.8 Å². The maximum atomic E-state index is 12.2. The van der Waals surface area contributed by atoms with Gasteiger partial charge in [-0.2, -0.15) is 0 Å². The van der Waals surface area contributed by atoms with E-state index >= 15 is 0 Å². The van der Waals surface area contributed by atoms with E-state index in [0.717, 1.165) is 29.9 Å². The van der Waals surface area contributed by atoms with Gasteiger partial charge in [0, 0.05) is 18.8 Å². The SMILES string of the molecule is Cc1ccc(OCC(=O)Nc2ccc(N3CCOCC3)c(Cl)c2)c(C)c1. The zero-order valence-corrected chi connectivity index (χ0v) is 15.8. The van der Waals surface area contributed by atoms with Crippen molar-refractivity contribution < 1.29 is 14.3 Å². The third-order valence-electron chi connectivity index (χ3n) is 4.27. The standard InChI is InChI=1S/C20H23ClN2O3/c1-14-3-6-19(15(2)11-14)26-13-20(24)22-16-4-5-18(17(21)12-16)23-7-9-25-10-8-23/h3-6,11-12H,7-10,13H2,1-2H3,(H,22,24). The van der Waals surface area contributed by atoms with Crippen molar-refractivity contribution in [1.29, 1.82) is 0 Å². The molecule has 0 radical (unpaired) electrons. The molecular formula is C20H23ClN2O3. The summed E-state index contributed by atoms with van der Waals surface area (Å²) in [5, 5.41) is 3.43. The first kappa shape index (κ1) is 18.5. The summed E-state index contributed by atoms with van der Waals surface area (Å²) in [6.07, 6.45) is 0. The number of aryl methyl sites for hydroxylation is 2. The molecule has 0 aliphatic carbocycles. The van der Waals surface area contributed by atoms with Gasteiger partial charge in [-0.3, -0.25) is 4.79 Å². The number of amides is 1. The summed E-state index contributed by atoms with van der Waals surface area (Å²) < 4.78 is 11.0. The Morgan fingerprint density at radius 3 is 2.65 bits per heavy atom. The quantitative estimate of drug-likeness (QED) is 0.864. The second-order valence-corrected chi connectivity index (χ2v) is 6.78.